The summed E-state index contributed by atoms with van der Waals surface area (Å²) >= 11 is 0. The molecular weight excluding hydrogens is 244 g/mol. The quantitative estimate of drug-likeness (QED) is 0.721. The number of nitrogens with zero attached hydrogens (tertiary/aromatic N) is 1. The molecule has 0 amide bonds. The second-order valence-electron chi connectivity index (χ2n) is 7.83. The van der Waals surface area contributed by atoms with Gasteiger partial charge in [0.25, 0.3) is 0 Å². The predicted molar refractivity (Wildman–Crippen MR) is 88.1 cm³/mol. The lowest BCUT2D eigenvalue weighted by Crippen LogP contribution is -2.46. The summed E-state index contributed by atoms with van der Waals surface area (Å²) in [4.78, 5) is 2.88. The first-order valence-electron chi connectivity index (χ1n) is 9.04. The fourth-order valence-corrected chi connectivity index (χ4v) is 4.41. The number of rotatable bonds is 8. The smallest absolute Gasteiger partial charge is 0.00955 e. The van der Waals surface area contributed by atoms with Crippen LogP contribution in [-0.2, 0) is 0 Å². The van der Waals surface area contributed by atoms with E-state index in [1.54, 1.807) is 0 Å². The fraction of sp³-hybridized carbons (Fsp3) is 1.00. The van der Waals surface area contributed by atoms with Gasteiger partial charge in [-0.05, 0) is 57.0 Å². The number of nitrogens with one attached hydrogen (secondary N) is 1. The summed E-state index contributed by atoms with van der Waals surface area (Å²) in [5.41, 5.74) is 0.578. The maximum Gasteiger partial charge on any atom is 0.00955 e. The molecule has 2 rings (SSSR count). The lowest BCUT2D eigenvalue weighted by Gasteiger charge is -2.39. The molecule has 2 fully saturated rings. The van der Waals surface area contributed by atoms with Crippen LogP contribution in [0.2, 0.25) is 0 Å². The van der Waals surface area contributed by atoms with Crippen molar-refractivity contribution < 1.29 is 0 Å². The largest absolute Gasteiger partial charge is 0.319 e. The van der Waals surface area contributed by atoms with E-state index in [2.05, 4.69) is 31.1 Å². The molecule has 0 bridgehead atoms. The first kappa shape index (κ1) is 16.3. The average Bonchev–Trinajstić information content (AvgIpc) is 3.06. The maximum atomic E-state index is 3.48. The summed E-state index contributed by atoms with van der Waals surface area (Å²) in [5, 5.41) is 3.48. The summed E-state index contributed by atoms with van der Waals surface area (Å²) in [6, 6.07) is 0.892. The zero-order valence-corrected chi connectivity index (χ0v) is 14.1. The molecule has 0 saturated heterocycles. The molecule has 2 nitrogen and oxygen atoms in total. The zero-order valence-electron chi connectivity index (χ0n) is 14.1. The van der Waals surface area contributed by atoms with Gasteiger partial charge in [-0.25, -0.2) is 0 Å². The van der Waals surface area contributed by atoms with Gasteiger partial charge >= 0.3 is 0 Å². The Balaban J connectivity index is 1.97. The van der Waals surface area contributed by atoms with Crippen molar-refractivity contribution in [2.75, 3.05) is 26.7 Å². The van der Waals surface area contributed by atoms with Crippen LogP contribution in [0.15, 0.2) is 0 Å². The van der Waals surface area contributed by atoms with Gasteiger partial charge in [-0.2, -0.15) is 0 Å². The molecule has 0 aliphatic heterocycles. The average molecular weight is 280 g/mol. The van der Waals surface area contributed by atoms with Crippen LogP contribution in [0.5, 0.6) is 0 Å². The van der Waals surface area contributed by atoms with Gasteiger partial charge in [-0.15, -0.1) is 0 Å². The third kappa shape index (κ3) is 4.46. The van der Waals surface area contributed by atoms with Crippen LogP contribution in [0.4, 0.5) is 0 Å². The van der Waals surface area contributed by atoms with Gasteiger partial charge in [0.05, 0.1) is 0 Å². The van der Waals surface area contributed by atoms with Crippen molar-refractivity contribution in [1.82, 2.24) is 10.2 Å². The first-order valence-corrected chi connectivity index (χ1v) is 9.04. The third-order valence-corrected chi connectivity index (χ3v) is 5.59. The van der Waals surface area contributed by atoms with E-state index < -0.39 is 0 Å². The van der Waals surface area contributed by atoms with Crippen molar-refractivity contribution in [1.29, 1.82) is 0 Å². The van der Waals surface area contributed by atoms with E-state index in [1.807, 2.05) is 0 Å². The zero-order chi connectivity index (χ0) is 14.4. The van der Waals surface area contributed by atoms with Gasteiger partial charge < -0.3 is 5.32 Å². The molecule has 0 aromatic heterocycles. The van der Waals surface area contributed by atoms with Crippen LogP contribution in [0.3, 0.4) is 0 Å². The van der Waals surface area contributed by atoms with E-state index in [0.717, 1.165) is 12.0 Å². The second-order valence-corrected chi connectivity index (χ2v) is 7.83. The summed E-state index contributed by atoms with van der Waals surface area (Å²) in [7, 11) is 2.13. The molecule has 2 aliphatic carbocycles. The van der Waals surface area contributed by atoms with Crippen molar-refractivity contribution in [3.05, 3.63) is 0 Å². The van der Waals surface area contributed by atoms with Gasteiger partial charge in [0.2, 0.25) is 0 Å². The van der Waals surface area contributed by atoms with Crippen LogP contribution in [0, 0.1) is 11.3 Å². The van der Waals surface area contributed by atoms with Crippen LogP contribution in [0.1, 0.15) is 71.6 Å². The molecule has 2 aliphatic rings. The van der Waals surface area contributed by atoms with Crippen LogP contribution in [0.25, 0.3) is 0 Å². The van der Waals surface area contributed by atoms with E-state index in [-0.39, 0.29) is 0 Å². The minimum absolute atomic E-state index is 0.578. The first-order chi connectivity index (χ1) is 9.65. The van der Waals surface area contributed by atoms with Crippen LogP contribution < -0.4 is 5.32 Å². The van der Waals surface area contributed by atoms with Crippen LogP contribution in [-0.4, -0.2) is 37.6 Å². The van der Waals surface area contributed by atoms with Crippen molar-refractivity contribution >= 4 is 0 Å². The topological polar surface area (TPSA) is 15.3 Å². The third-order valence-electron chi connectivity index (χ3n) is 5.59. The Morgan fingerprint density at radius 2 is 1.75 bits per heavy atom. The molecule has 0 aromatic carbocycles. The minimum Gasteiger partial charge on any atom is -0.319 e. The molecule has 1 N–H and O–H groups in total. The Labute approximate surface area is 126 Å². The SMILES string of the molecule is CNCC1(CN(CCC(C)C)C2CCCC2)CCCC1. The Bertz CT molecular complexity index is 263. The summed E-state index contributed by atoms with van der Waals surface area (Å²) < 4.78 is 0. The molecule has 0 unspecified atom stereocenters. The normalized spacial score (nSPS) is 23.2. The highest BCUT2D eigenvalue weighted by atomic mass is 15.2. The summed E-state index contributed by atoms with van der Waals surface area (Å²) in [6.07, 6.45) is 13.0. The molecule has 0 aromatic rings. The molecule has 20 heavy (non-hydrogen) atoms. The fourth-order valence-electron chi connectivity index (χ4n) is 4.41. The Morgan fingerprint density at radius 1 is 1.10 bits per heavy atom. The molecule has 0 radical (unpaired) electrons. The minimum atomic E-state index is 0.578. The predicted octanol–water partition coefficient (Wildman–Crippen LogP) is 4.06. The summed E-state index contributed by atoms with van der Waals surface area (Å²) in [5.74, 6) is 0.836. The van der Waals surface area contributed by atoms with E-state index >= 15 is 0 Å². The van der Waals surface area contributed by atoms with Gasteiger partial charge in [-0.3, -0.25) is 4.90 Å². The molecular formula is C18H36N2. The molecule has 0 atom stereocenters. The number of hydrogen-bond acceptors (Lipinski definition) is 2. The Kier molecular flexibility index (Phi) is 6.35. The Hall–Kier alpha value is -0.0800. The maximum absolute atomic E-state index is 3.48. The molecule has 0 spiro atoms. The molecule has 2 heteroatoms. The standard InChI is InChI=1S/C18H36N2/c1-16(2)10-13-20(17-8-4-5-9-17)15-18(14-19-3)11-6-7-12-18/h16-17,19H,4-15H2,1-3H3. The van der Waals surface area contributed by atoms with E-state index in [0.29, 0.717) is 5.41 Å². The lowest BCUT2D eigenvalue weighted by molar-refractivity contribution is 0.106. The lowest BCUT2D eigenvalue weighted by atomic mass is 9.84. The number of hydrogen-bond donors (Lipinski definition) is 1. The second kappa shape index (κ2) is 7.79. The van der Waals surface area contributed by atoms with Gasteiger partial charge in [0.15, 0.2) is 0 Å². The highest BCUT2D eigenvalue weighted by Crippen LogP contribution is 2.39. The van der Waals surface area contributed by atoms with Crippen molar-refractivity contribution in [3.63, 3.8) is 0 Å². The highest BCUT2D eigenvalue weighted by molar-refractivity contribution is 4.91. The Morgan fingerprint density at radius 3 is 2.30 bits per heavy atom. The summed E-state index contributed by atoms with van der Waals surface area (Å²) in [6.45, 7) is 8.63. The molecule has 118 valence electrons. The molecule has 2 saturated carbocycles. The highest BCUT2D eigenvalue weighted by Gasteiger charge is 2.37. The monoisotopic (exact) mass is 280 g/mol. The van der Waals surface area contributed by atoms with Crippen molar-refractivity contribution in [3.8, 4) is 0 Å². The van der Waals surface area contributed by atoms with E-state index in [9.17, 15) is 0 Å². The van der Waals surface area contributed by atoms with E-state index in [1.165, 1.54) is 77.4 Å². The van der Waals surface area contributed by atoms with Crippen molar-refractivity contribution in [2.24, 2.45) is 11.3 Å². The van der Waals surface area contributed by atoms with Gasteiger partial charge in [0, 0.05) is 19.1 Å². The van der Waals surface area contributed by atoms with Gasteiger partial charge in [-0.1, -0.05) is 39.5 Å². The van der Waals surface area contributed by atoms with E-state index in [4.69, 9.17) is 0 Å². The molecule has 0 heterocycles. The van der Waals surface area contributed by atoms with Crippen LogP contribution >= 0.6 is 0 Å². The van der Waals surface area contributed by atoms with Crippen molar-refractivity contribution in [2.45, 2.75) is 77.7 Å². The van der Waals surface area contributed by atoms with Gasteiger partial charge in [0.1, 0.15) is 0 Å².